The van der Waals surface area contributed by atoms with Crippen molar-refractivity contribution in [2.45, 2.75) is 39.5 Å². The summed E-state index contributed by atoms with van der Waals surface area (Å²) in [6.45, 7) is 8.09. The summed E-state index contributed by atoms with van der Waals surface area (Å²) in [6.07, 6.45) is 3.82. The molecule has 1 atom stereocenters. The largest absolute Gasteiger partial charge is 0.485 e. The highest BCUT2D eigenvalue weighted by atomic mass is 16.5. The first kappa shape index (κ1) is 11.0. The Balaban J connectivity index is 2.69. The van der Waals surface area contributed by atoms with Gasteiger partial charge < -0.3 is 4.74 Å². The first-order chi connectivity index (χ1) is 6.42. The van der Waals surface area contributed by atoms with Crippen LogP contribution in [0.25, 0.3) is 0 Å². The Bertz CT molecular complexity index is 288. The van der Waals surface area contributed by atoms with Crippen molar-refractivity contribution >= 4 is 0 Å². The molecule has 1 aromatic heterocycles. The lowest BCUT2D eigenvalue weighted by atomic mass is 10.2. The average Bonchev–Trinajstić information content (AvgIpc) is 2.48. The van der Waals surface area contributed by atoms with Gasteiger partial charge in [-0.25, -0.2) is 0 Å². The minimum absolute atomic E-state index is 0.170. The number of hydrogen-bond donors (Lipinski definition) is 1. The Labute approximate surface area is 85.3 Å². The summed E-state index contributed by atoms with van der Waals surface area (Å²) in [5.41, 5.74) is -0.170. The molecular weight excluding hydrogens is 178 g/mol. The molecule has 4 nitrogen and oxygen atoms in total. The molecule has 4 heteroatoms. The van der Waals surface area contributed by atoms with Gasteiger partial charge in [0.1, 0.15) is 5.60 Å². The van der Waals surface area contributed by atoms with Crippen LogP contribution in [0.15, 0.2) is 12.4 Å². The smallest absolute Gasteiger partial charge is 0.158 e. The summed E-state index contributed by atoms with van der Waals surface area (Å²) < 4.78 is 7.50. The minimum atomic E-state index is -0.170. The number of ether oxygens (including phenoxy) is 1. The molecule has 1 heterocycles. The van der Waals surface area contributed by atoms with E-state index in [0.29, 0.717) is 0 Å². The molecule has 0 saturated heterocycles. The molecule has 1 rings (SSSR count). The van der Waals surface area contributed by atoms with Crippen LogP contribution in [0.5, 0.6) is 5.75 Å². The fourth-order valence-corrected chi connectivity index (χ4v) is 1.07. The van der Waals surface area contributed by atoms with E-state index in [-0.39, 0.29) is 11.8 Å². The van der Waals surface area contributed by atoms with Crippen molar-refractivity contribution in [1.82, 2.24) is 15.1 Å². The van der Waals surface area contributed by atoms with Crippen LogP contribution in [-0.2, 0) is 0 Å². The predicted molar refractivity (Wildman–Crippen MR) is 56.4 cm³/mol. The van der Waals surface area contributed by atoms with Crippen molar-refractivity contribution in [3.63, 3.8) is 0 Å². The molecule has 0 saturated carbocycles. The average molecular weight is 197 g/mol. The highest BCUT2D eigenvalue weighted by Crippen LogP contribution is 2.17. The monoisotopic (exact) mass is 197 g/mol. The van der Waals surface area contributed by atoms with Crippen molar-refractivity contribution in [3.8, 4) is 5.75 Å². The molecule has 1 N–H and O–H groups in total. The Morgan fingerprint density at radius 2 is 2.14 bits per heavy atom. The van der Waals surface area contributed by atoms with Crippen LogP contribution in [0.1, 0.15) is 33.9 Å². The number of nitrogens with one attached hydrogen (secondary N) is 1. The van der Waals surface area contributed by atoms with Gasteiger partial charge in [0.2, 0.25) is 0 Å². The third-order valence-corrected chi connectivity index (χ3v) is 1.82. The molecule has 0 amide bonds. The van der Waals surface area contributed by atoms with Gasteiger partial charge in [-0.15, -0.1) is 0 Å². The number of aromatic nitrogens is 2. The lowest BCUT2D eigenvalue weighted by molar-refractivity contribution is 0.130. The van der Waals surface area contributed by atoms with E-state index >= 15 is 0 Å². The van der Waals surface area contributed by atoms with Crippen molar-refractivity contribution in [3.05, 3.63) is 12.4 Å². The molecule has 1 aromatic rings. The first-order valence-corrected chi connectivity index (χ1v) is 4.83. The second-order valence-corrected chi connectivity index (χ2v) is 4.34. The van der Waals surface area contributed by atoms with E-state index in [9.17, 15) is 0 Å². The maximum atomic E-state index is 5.67. The highest BCUT2D eigenvalue weighted by molar-refractivity contribution is 5.13. The van der Waals surface area contributed by atoms with E-state index in [4.69, 9.17) is 4.74 Å². The molecule has 14 heavy (non-hydrogen) atoms. The van der Waals surface area contributed by atoms with Crippen LogP contribution in [0.2, 0.25) is 0 Å². The van der Waals surface area contributed by atoms with Gasteiger partial charge in [0.15, 0.2) is 5.75 Å². The summed E-state index contributed by atoms with van der Waals surface area (Å²) >= 11 is 0. The fourth-order valence-electron chi connectivity index (χ4n) is 1.07. The van der Waals surface area contributed by atoms with Crippen molar-refractivity contribution in [2.75, 3.05) is 7.05 Å². The molecule has 1 unspecified atom stereocenters. The number of hydrogen-bond acceptors (Lipinski definition) is 3. The predicted octanol–water partition coefficient (Wildman–Crippen LogP) is 1.80. The molecule has 0 aliphatic heterocycles. The molecule has 0 bridgehead atoms. The van der Waals surface area contributed by atoms with Gasteiger partial charge in [-0.05, 0) is 34.7 Å². The van der Waals surface area contributed by atoms with Crippen LogP contribution in [0, 0.1) is 0 Å². The molecule has 80 valence electrons. The Hall–Kier alpha value is -1.03. The molecular formula is C10H19N3O. The van der Waals surface area contributed by atoms with Gasteiger partial charge >= 0.3 is 0 Å². The molecule has 0 spiro atoms. The molecule has 0 fully saturated rings. The van der Waals surface area contributed by atoms with Crippen LogP contribution >= 0.6 is 0 Å². The van der Waals surface area contributed by atoms with Crippen LogP contribution in [-0.4, -0.2) is 22.4 Å². The highest BCUT2D eigenvalue weighted by Gasteiger charge is 2.13. The Morgan fingerprint density at radius 1 is 1.50 bits per heavy atom. The third-order valence-electron chi connectivity index (χ3n) is 1.82. The van der Waals surface area contributed by atoms with E-state index in [1.165, 1.54) is 0 Å². The quantitative estimate of drug-likeness (QED) is 0.803. The zero-order chi connectivity index (χ0) is 10.8. The van der Waals surface area contributed by atoms with E-state index in [2.05, 4.69) is 10.4 Å². The number of nitrogens with zero attached hydrogens (tertiary/aromatic N) is 2. The van der Waals surface area contributed by atoms with Crippen LogP contribution in [0.3, 0.4) is 0 Å². The normalized spacial score (nSPS) is 14.1. The van der Waals surface area contributed by atoms with E-state index in [1.54, 1.807) is 6.20 Å². The molecule has 0 radical (unpaired) electrons. The van der Waals surface area contributed by atoms with Crippen molar-refractivity contribution in [2.24, 2.45) is 0 Å². The summed E-state index contributed by atoms with van der Waals surface area (Å²) in [6, 6.07) is 0. The molecule has 0 aliphatic carbocycles. The van der Waals surface area contributed by atoms with Crippen molar-refractivity contribution < 1.29 is 4.74 Å². The lowest BCUT2D eigenvalue weighted by Gasteiger charge is -2.19. The summed E-state index contributed by atoms with van der Waals surface area (Å²) in [4.78, 5) is 0. The number of rotatable bonds is 3. The van der Waals surface area contributed by atoms with Gasteiger partial charge in [-0.1, -0.05) is 0 Å². The SMILES string of the molecule is CNC(C)n1cc(OC(C)(C)C)cn1. The van der Waals surface area contributed by atoms with Gasteiger partial charge in [0, 0.05) is 0 Å². The lowest BCUT2D eigenvalue weighted by Crippen LogP contribution is -2.23. The second-order valence-electron chi connectivity index (χ2n) is 4.34. The van der Waals surface area contributed by atoms with E-state index < -0.39 is 0 Å². The maximum absolute atomic E-state index is 5.67. The zero-order valence-electron chi connectivity index (χ0n) is 9.53. The fraction of sp³-hybridized carbons (Fsp3) is 0.700. The summed E-state index contributed by atoms with van der Waals surface area (Å²) in [5.74, 6) is 0.805. The third kappa shape index (κ3) is 3.03. The first-order valence-electron chi connectivity index (χ1n) is 4.83. The molecule has 0 aliphatic rings. The summed E-state index contributed by atoms with van der Waals surface area (Å²) in [5, 5.41) is 7.30. The topological polar surface area (TPSA) is 39.1 Å². The second kappa shape index (κ2) is 4.00. The minimum Gasteiger partial charge on any atom is -0.485 e. The van der Waals surface area contributed by atoms with Gasteiger partial charge in [-0.2, -0.15) is 5.10 Å². The van der Waals surface area contributed by atoms with E-state index in [1.807, 2.05) is 45.6 Å². The standard InChI is InChI=1S/C10H19N3O/c1-8(11-5)13-7-9(6-12-13)14-10(2,3)4/h6-8,11H,1-5H3. The molecule has 0 aromatic carbocycles. The maximum Gasteiger partial charge on any atom is 0.158 e. The van der Waals surface area contributed by atoms with Gasteiger partial charge in [0.25, 0.3) is 0 Å². The summed E-state index contributed by atoms with van der Waals surface area (Å²) in [7, 11) is 1.90. The zero-order valence-corrected chi connectivity index (χ0v) is 9.53. The Kier molecular flexibility index (Phi) is 3.16. The van der Waals surface area contributed by atoms with Crippen LogP contribution in [0.4, 0.5) is 0 Å². The van der Waals surface area contributed by atoms with Crippen molar-refractivity contribution in [1.29, 1.82) is 0 Å². The Morgan fingerprint density at radius 3 is 2.64 bits per heavy atom. The van der Waals surface area contributed by atoms with Crippen LogP contribution < -0.4 is 10.1 Å². The van der Waals surface area contributed by atoms with Gasteiger partial charge in [0.05, 0.1) is 18.6 Å². The van der Waals surface area contributed by atoms with E-state index in [0.717, 1.165) is 5.75 Å². The van der Waals surface area contributed by atoms with Gasteiger partial charge in [-0.3, -0.25) is 10.00 Å².